The summed E-state index contributed by atoms with van der Waals surface area (Å²) in [5, 5.41) is 4.75. The molecule has 7 heteroatoms. The fraction of sp³-hybridized carbons (Fsp3) is 0.286. The molecule has 1 saturated heterocycles. The minimum absolute atomic E-state index is 0.0527. The Balaban J connectivity index is 1.38. The predicted octanol–water partition coefficient (Wildman–Crippen LogP) is 4.04. The third-order valence-electron chi connectivity index (χ3n) is 4.90. The molecule has 2 aromatic carbocycles. The van der Waals surface area contributed by atoms with Crippen LogP contribution in [0.4, 0.5) is 5.69 Å². The number of nitrogens with zero attached hydrogens (tertiary/aromatic N) is 3. The van der Waals surface area contributed by atoms with E-state index in [2.05, 4.69) is 10.1 Å². The maximum atomic E-state index is 12.4. The maximum Gasteiger partial charge on any atom is 0.227 e. The second-order valence-electron chi connectivity index (χ2n) is 6.78. The van der Waals surface area contributed by atoms with E-state index in [4.69, 9.17) is 20.9 Å². The number of methoxy groups -OCH3 is 1. The highest BCUT2D eigenvalue weighted by molar-refractivity contribution is 6.30. The zero-order chi connectivity index (χ0) is 19.5. The van der Waals surface area contributed by atoms with Crippen molar-refractivity contribution in [2.45, 2.75) is 25.2 Å². The summed E-state index contributed by atoms with van der Waals surface area (Å²) in [5.41, 5.74) is 2.01. The van der Waals surface area contributed by atoms with Gasteiger partial charge in [0, 0.05) is 36.0 Å². The summed E-state index contributed by atoms with van der Waals surface area (Å²) in [4.78, 5) is 18.7. The van der Waals surface area contributed by atoms with E-state index in [9.17, 15) is 4.79 Å². The molecule has 3 aromatic rings. The van der Waals surface area contributed by atoms with Gasteiger partial charge in [-0.05, 0) is 48.4 Å². The summed E-state index contributed by atoms with van der Waals surface area (Å²) in [6.45, 7) is 0.540. The molecule has 0 N–H and O–H groups in total. The topological polar surface area (TPSA) is 68.5 Å². The average Bonchev–Trinajstić information content (AvgIpc) is 3.34. The van der Waals surface area contributed by atoms with Crippen molar-refractivity contribution in [3.05, 3.63) is 70.8 Å². The van der Waals surface area contributed by atoms with Crippen LogP contribution >= 0.6 is 11.6 Å². The average molecular weight is 398 g/mol. The van der Waals surface area contributed by atoms with Gasteiger partial charge in [0.15, 0.2) is 5.82 Å². The van der Waals surface area contributed by atoms with Crippen LogP contribution in [-0.4, -0.2) is 29.7 Å². The molecule has 0 spiro atoms. The van der Waals surface area contributed by atoms with Gasteiger partial charge in [-0.1, -0.05) is 28.9 Å². The van der Waals surface area contributed by atoms with Crippen LogP contribution < -0.4 is 9.64 Å². The smallest absolute Gasteiger partial charge is 0.227 e. The number of rotatable bonds is 6. The summed E-state index contributed by atoms with van der Waals surface area (Å²) < 4.78 is 10.6. The number of hydrogen-bond donors (Lipinski definition) is 0. The lowest BCUT2D eigenvalue weighted by molar-refractivity contribution is -0.117. The minimum atomic E-state index is -0.0679. The van der Waals surface area contributed by atoms with Gasteiger partial charge in [-0.2, -0.15) is 4.98 Å². The number of benzene rings is 2. The SMILES string of the molecule is COc1ccc(CCc2nc(C3CC(=O)N(c4ccc(Cl)cc4)C3)no2)cc1. The number of ether oxygens (including phenoxy) is 1. The van der Waals surface area contributed by atoms with Crippen molar-refractivity contribution in [3.8, 4) is 5.75 Å². The number of aryl methyl sites for hydroxylation is 2. The molecule has 4 rings (SSSR count). The first-order valence-electron chi connectivity index (χ1n) is 9.14. The largest absolute Gasteiger partial charge is 0.497 e. The number of hydrogen-bond acceptors (Lipinski definition) is 5. The van der Waals surface area contributed by atoms with Crippen LogP contribution in [0, 0.1) is 0 Å². The number of anilines is 1. The lowest BCUT2D eigenvalue weighted by Gasteiger charge is -2.16. The molecule has 1 aromatic heterocycles. The Labute approximate surface area is 168 Å². The second-order valence-corrected chi connectivity index (χ2v) is 7.21. The Morgan fingerprint density at radius 3 is 2.61 bits per heavy atom. The third-order valence-corrected chi connectivity index (χ3v) is 5.15. The van der Waals surface area contributed by atoms with E-state index in [1.807, 2.05) is 36.4 Å². The molecular weight excluding hydrogens is 378 g/mol. The number of aromatic nitrogens is 2. The van der Waals surface area contributed by atoms with E-state index >= 15 is 0 Å². The summed E-state index contributed by atoms with van der Waals surface area (Å²) in [7, 11) is 1.65. The van der Waals surface area contributed by atoms with E-state index in [-0.39, 0.29) is 11.8 Å². The van der Waals surface area contributed by atoms with Gasteiger partial charge in [0.05, 0.1) is 7.11 Å². The van der Waals surface area contributed by atoms with Gasteiger partial charge in [0.1, 0.15) is 5.75 Å². The lowest BCUT2D eigenvalue weighted by Crippen LogP contribution is -2.24. The molecule has 1 fully saturated rings. The first kappa shape index (κ1) is 18.5. The summed E-state index contributed by atoms with van der Waals surface area (Å²) in [6.07, 6.45) is 1.83. The molecular formula is C21H20ClN3O3. The van der Waals surface area contributed by atoms with Crippen molar-refractivity contribution in [1.29, 1.82) is 0 Å². The van der Waals surface area contributed by atoms with Crippen LogP contribution in [0.1, 0.15) is 29.6 Å². The van der Waals surface area contributed by atoms with E-state index in [0.717, 1.165) is 17.9 Å². The normalized spacial score (nSPS) is 16.6. The minimum Gasteiger partial charge on any atom is -0.497 e. The highest BCUT2D eigenvalue weighted by atomic mass is 35.5. The highest BCUT2D eigenvalue weighted by Gasteiger charge is 2.34. The summed E-state index contributed by atoms with van der Waals surface area (Å²) >= 11 is 5.93. The van der Waals surface area contributed by atoms with E-state index < -0.39 is 0 Å². The molecule has 1 amide bonds. The van der Waals surface area contributed by atoms with Gasteiger partial charge in [-0.25, -0.2) is 0 Å². The van der Waals surface area contributed by atoms with Crippen LogP contribution in [0.25, 0.3) is 0 Å². The molecule has 0 saturated carbocycles. The molecule has 6 nitrogen and oxygen atoms in total. The molecule has 0 bridgehead atoms. The quantitative estimate of drug-likeness (QED) is 0.628. The summed E-state index contributed by atoms with van der Waals surface area (Å²) in [6, 6.07) is 15.2. The number of amides is 1. The van der Waals surface area contributed by atoms with Gasteiger partial charge in [-0.15, -0.1) is 0 Å². The van der Waals surface area contributed by atoms with E-state index in [1.54, 1.807) is 24.1 Å². The molecule has 1 atom stereocenters. The first-order valence-corrected chi connectivity index (χ1v) is 9.51. The van der Waals surface area contributed by atoms with Crippen molar-refractivity contribution < 1.29 is 14.1 Å². The zero-order valence-corrected chi connectivity index (χ0v) is 16.2. The van der Waals surface area contributed by atoms with Crippen LogP contribution in [0.3, 0.4) is 0 Å². The Morgan fingerprint density at radius 1 is 1.14 bits per heavy atom. The molecule has 0 radical (unpaired) electrons. The van der Waals surface area contributed by atoms with Crippen LogP contribution in [0.5, 0.6) is 5.75 Å². The van der Waals surface area contributed by atoms with Crippen LogP contribution in [0.15, 0.2) is 53.1 Å². The Kier molecular flexibility index (Phi) is 5.30. The van der Waals surface area contributed by atoms with Crippen molar-refractivity contribution in [2.24, 2.45) is 0 Å². The highest BCUT2D eigenvalue weighted by Crippen LogP contribution is 2.31. The predicted molar refractivity (Wildman–Crippen MR) is 106 cm³/mol. The number of carbonyl (C=O) groups excluding carboxylic acids is 1. The van der Waals surface area contributed by atoms with Crippen LogP contribution in [0.2, 0.25) is 5.02 Å². The Morgan fingerprint density at radius 2 is 1.89 bits per heavy atom. The van der Waals surface area contributed by atoms with E-state index in [0.29, 0.717) is 36.1 Å². The summed E-state index contributed by atoms with van der Waals surface area (Å²) in [5.74, 6) is 2.00. The Hall–Kier alpha value is -2.86. The standard InChI is InChI=1S/C21H20ClN3O3/c1-27-18-9-2-14(3-10-18)4-11-19-23-21(24-28-19)15-12-20(26)25(13-15)17-7-5-16(22)6-8-17/h2-3,5-10,15H,4,11-13H2,1H3. The van der Waals surface area contributed by atoms with Crippen LogP contribution in [-0.2, 0) is 17.6 Å². The first-order chi connectivity index (χ1) is 13.6. The van der Waals surface area contributed by atoms with E-state index in [1.165, 1.54) is 5.56 Å². The van der Waals surface area contributed by atoms with Crippen molar-refractivity contribution in [2.75, 3.05) is 18.6 Å². The van der Waals surface area contributed by atoms with Gasteiger partial charge < -0.3 is 14.2 Å². The molecule has 2 heterocycles. The molecule has 0 aliphatic carbocycles. The molecule has 1 unspecified atom stereocenters. The molecule has 28 heavy (non-hydrogen) atoms. The van der Waals surface area contributed by atoms with Gasteiger partial charge >= 0.3 is 0 Å². The third kappa shape index (κ3) is 4.02. The molecule has 1 aliphatic rings. The zero-order valence-electron chi connectivity index (χ0n) is 15.5. The fourth-order valence-electron chi connectivity index (χ4n) is 3.33. The molecule has 1 aliphatic heterocycles. The number of halogens is 1. The maximum absolute atomic E-state index is 12.4. The molecule has 144 valence electrons. The van der Waals surface area contributed by atoms with Gasteiger partial charge in [-0.3, -0.25) is 4.79 Å². The Bertz CT molecular complexity index is 954. The van der Waals surface area contributed by atoms with Gasteiger partial charge in [0.25, 0.3) is 0 Å². The lowest BCUT2D eigenvalue weighted by atomic mass is 10.1. The van der Waals surface area contributed by atoms with Crippen molar-refractivity contribution in [1.82, 2.24) is 10.1 Å². The number of carbonyl (C=O) groups is 1. The van der Waals surface area contributed by atoms with Crippen molar-refractivity contribution in [3.63, 3.8) is 0 Å². The second kappa shape index (κ2) is 8.02. The van der Waals surface area contributed by atoms with Crippen molar-refractivity contribution >= 4 is 23.2 Å². The van der Waals surface area contributed by atoms with Gasteiger partial charge in [0.2, 0.25) is 11.8 Å². The monoisotopic (exact) mass is 397 g/mol. The fourth-order valence-corrected chi connectivity index (χ4v) is 3.46.